The maximum Gasteiger partial charge on any atom is 0.254 e. The molecule has 0 aliphatic carbocycles. The molecule has 5 aromatic rings. The number of para-hydroxylation sites is 1. The van der Waals surface area contributed by atoms with Gasteiger partial charge in [0.15, 0.2) is 17.3 Å². The number of pyridine rings is 1. The van der Waals surface area contributed by atoms with Crippen LogP contribution in [0.4, 0.5) is 5.69 Å². The summed E-state index contributed by atoms with van der Waals surface area (Å²) in [5.74, 6) is 2.66. The lowest BCUT2D eigenvalue weighted by molar-refractivity contribution is 0.172. The number of fused-ring (bicyclic) bond motifs is 3. The maximum absolute atomic E-state index is 13.7. The molecule has 0 bridgehead atoms. The first-order chi connectivity index (χ1) is 19.2. The number of H-pyrrole nitrogens is 1. The minimum absolute atomic E-state index is 0.201. The Hall–Kier alpha value is -4.86. The van der Waals surface area contributed by atoms with Crippen LogP contribution in [0.3, 0.4) is 0 Å². The first kappa shape index (κ1) is 23.3. The molecule has 4 heterocycles. The molecule has 1 N–H and O–H groups in total. The molecule has 3 aromatic carbocycles. The Labute approximate surface area is 223 Å². The highest BCUT2D eigenvalue weighted by molar-refractivity contribution is 5.83. The van der Waals surface area contributed by atoms with E-state index in [-0.39, 0.29) is 5.56 Å². The molecule has 0 amide bonds. The van der Waals surface area contributed by atoms with Crippen molar-refractivity contribution >= 4 is 16.6 Å². The fraction of sp³-hybridized carbons (Fsp3) is 0.241. The van der Waals surface area contributed by atoms with Gasteiger partial charge in [0.05, 0.1) is 19.2 Å². The molecular weight excluding hydrogens is 496 g/mol. The number of rotatable bonds is 6. The molecule has 2 aromatic heterocycles. The van der Waals surface area contributed by atoms with Crippen LogP contribution in [-0.2, 0) is 13.0 Å². The second-order valence-corrected chi connectivity index (χ2v) is 9.65. The summed E-state index contributed by atoms with van der Waals surface area (Å²) in [6.45, 7) is 2.15. The zero-order valence-corrected chi connectivity index (χ0v) is 21.3. The van der Waals surface area contributed by atoms with Gasteiger partial charge in [-0.05, 0) is 58.3 Å². The van der Waals surface area contributed by atoms with E-state index >= 15 is 0 Å². The van der Waals surface area contributed by atoms with Crippen molar-refractivity contribution in [1.29, 1.82) is 0 Å². The second-order valence-electron chi connectivity index (χ2n) is 9.65. The Morgan fingerprint density at radius 1 is 1.03 bits per heavy atom. The van der Waals surface area contributed by atoms with E-state index in [1.165, 1.54) is 5.56 Å². The van der Waals surface area contributed by atoms with Gasteiger partial charge in [0.2, 0.25) is 0 Å². The number of nitrogens with one attached hydrogen (secondary N) is 1. The number of nitrogens with zero attached hydrogens (tertiary/aromatic N) is 5. The summed E-state index contributed by atoms with van der Waals surface area (Å²) in [6.07, 6.45) is 0.872. The van der Waals surface area contributed by atoms with Crippen LogP contribution in [0.1, 0.15) is 28.6 Å². The van der Waals surface area contributed by atoms with E-state index in [0.29, 0.717) is 48.2 Å². The molecule has 2 aliphatic heterocycles. The van der Waals surface area contributed by atoms with E-state index in [1.54, 1.807) is 11.8 Å². The number of methoxy groups -OCH3 is 1. The Morgan fingerprint density at radius 3 is 2.64 bits per heavy atom. The normalized spacial score (nSPS) is 14.8. The summed E-state index contributed by atoms with van der Waals surface area (Å²) in [6, 6.07) is 21.2. The molecule has 196 valence electrons. The van der Waals surface area contributed by atoms with E-state index in [0.717, 1.165) is 35.4 Å². The summed E-state index contributed by atoms with van der Waals surface area (Å²) in [5.41, 5.74) is 4.36. The molecule has 0 fully saturated rings. The van der Waals surface area contributed by atoms with E-state index in [4.69, 9.17) is 14.2 Å². The maximum atomic E-state index is 13.7. The van der Waals surface area contributed by atoms with E-state index in [2.05, 4.69) is 37.5 Å². The summed E-state index contributed by atoms with van der Waals surface area (Å²) in [5, 5.41) is 13.7. The van der Waals surface area contributed by atoms with Crippen LogP contribution in [0.15, 0.2) is 71.5 Å². The Kier molecular flexibility index (Phi) is 5.65. The quantitative estimate of drug-likeness (QED) is 0.361. The summed E-state index contributed by atoms with van der Waals surface area (Å²) < 4.78 is 18.6. The highest BCUT2D eigenvalue weighted by atomic mass is 16.6. The number of anilines is 1. The van der Waals surface area contributed by atoms with E-state index in [9.17, 15) is 4.79 Å². The van der Waals surface area contributed by atoms with Crippen LogP contribution in [0.25, 0.3) is 10.9 Å². The number of aromatic amines is 1. The third-order valence-corrected chi connectivity index (χ3v) is 7.36. The molecule has 39 heavy (non-hydrogen) atoms. The van der Waals surface area contributed by atoms with Crippen molar-refractivity contribution in [3.8, 4) is 17.2 Å². The topological polar surface area (TPSA) is 107 Å². The predicted octanol–water partition coefficient (Wildman–Crippen LogP) is 3.49. The molecule has 0 spiro atoms. The minimum atomic E-state index is -0.511. The van der Waals surface area contributed by atoms with Crippen molar-refractivity contribution in [3.05, 3.63) is 99.6 Å². The zero-order valence-electron chi connectivity index (χ0n) is 21.3. The van der Waals surface area contributed by atoms with Gasteiger partial charge in [-0.2, -0.15) is 0 Å². The predicted molar refractivity (Wildman–Crippen MR) is 145 cm³/mol. The third-order valence-electron chi connectivity index (χ3n) is 7.36. The van der Waals surface area contributed by atoms with Gasteiger partial charge in [0, 0.05) is 29.2 Å². The number of ether oxygens (including phenoxy) is 3. The molecular formula is C29H26N6O4. The summed E-state index contributed by atoms with van der Waals surface area (Å²) >= 11 is 0. The molecule has 0 saturated heterocycles. The SMILES string of the molecule is COc1ccc(Cn2nnnc2C(c2cc3cc4c(cc3[nH]c2=O)OCCO4)N2CCc3ccccc32)cc1. The van der Waals surface area contributed by atoms with E-state index < -0.39 is 6.04 Å². The lowest BCUT2D eigenvalue weighted by Gasteiger charge is -2.29. The Balaban J connectivity index is 1.37. The fourth-order valence-corrected chi connectivity index (χ4v) is 5.47. The lowest BCUT2D eigenvalue weighted by atomic mass is 10.0. The molecule has 1 unspecified atom stereocenters. The minimum Gasteiger partial charge on any atom is -0.497 e. The van der Waals surface area contributed by atoms with Crippen LogP contribution in [0.2, 0.25) is 0 Å². The average Bonchev–Trinajstić information content (AvgIpc) is 3.60. The van der Waals surface area contributed by atoms with Gasteiger partial charge in [0.1, 0.15) is 25.0 Å². The number of aromatic nitrogens is 5. The van der Waals surface area contributed by atoms with Gasteiger partial charge >= 0.3 is 0 Å². The van der Waals surface area contributed by atoms with Gasteiger partial charge in [0.25, 0.3) is 5.56 Å². The highest BCUT2D eigenvalue weighted by Crippen LogP contribution is 2.39. The van der Waals surface area contributed by atoms with Gasteiger partial charge in [-0.25, -0.2) is 4.68 Å². The van der Waals surface area contributed by atoms with Crippen molar-refractivity contribution in [1.82, 2.24) is 25.2 Å². The third kappa shape index (κ3) is 4.14. The van der Waals surface area contributed by atoms with Crippen molar-refractivity contribution in [2.45, 2.75) is 19.0 Å². The number of tetrazole rings is 1. The number of hydrogen-bond donors (Lipinski definition) is 1. The van der Waals surface area contributed by atoms with Crippen LogP contribution < -0.4 is 24.7 Å². The molecule has 10 heteroatoms. The van der Waals surface area contributed by atoms with Crippen molar-refractivity contribution in [3.63, 3.8) is 0 Å². The van der Waals surface area contributed by atoms with Crippen molar-refractivity contribution < 1.29 is 14.2 Å². The molecule has 10 nitrogen and oxygen atoms in total. The molecule has 7 rings (SSSR count). The monoisotopic (exact) mass is 522 g/mol. The number of hydrogen-bond acceptors (Lipinski definition) is 8. The standard InChI is InChI=1S/C29H26N6O4/c1-37-21-8-6-18(7-9-21)17-35-28(31-32-33-35)27(34-11-10-19-4-2-3-5-24(19)34)22-14-20-15-25-26(39-13-12-38-25)16-23(20)30-29(22)36/h2-9,14-16,27H,10-13,17H2,1H3,(H,30,36). The largest absolute Gasteiger partial charge is 0.497 e. The smallest absolute Gasteiger partial charge is 0.254 e. The van der Waals surface area contributed by atoms with Crippen LogP contribution in [-0.4, -0.2) is 52.1 Å². The summed E-state index contributed by atoms with van der Waals surface area (Å²) in [4.78, 5) is 19.0. The lowest BCUT2D eigenvalue weighted by Crippen LogP contribution is -2.34. The first-order valence-corrected chi connectivity index (χ1v) is 12.9. The highest BCUT2D eigenvalue weighted by Gasteiger charge is 2.34. The first-order valence-electron chi connectivity index (χ1n) is 12.9. The van der Waals surface area contributed by atoms with Crippen LogP contribution >= 0.6 is 0 Å². The van der Waals surface area contributed by atoms with Gasteiger partial charge in [-0.15, -0.1) is 5.10 Å². The molecule has 0 saturated carbocycles. The van der Waals surface area contributed by atoms with Crippen LogP contribution in [0.5, 0.6) is 17.2 Å². The number of benzene rings is 3. The summed E-state index contributed by atoms with van der Waals surface area (Å²) in [7, 11) is 1.64. The Morgan fingerprint density at radius 2 is 1.82 bits per heavy atom. The van der Waals surface area contributed by atoms with Crippen molar-refractivity contribution in [2.75, 3.05) is 31.8 Å². The van der Waals surface area contributed by atoms with Crippen molar-refractivity contribution in [2.24, 2.45) is 0 Å². The fourth-order valence-electron chi connectivity index (χ4n) is 5.47. The van der Waals surface area contributed by atoms with E-state index in [1.807, 2.05) is 54.6 Å². The van der Waals surface area contributed by atoms with Gasteiger partial charge in [-0.3, -0.25) is 4.79 Å². The Bertz CT molecular complexity index is 1730. The molecule has 0 radical (unpaired) electrons. The van der Waals surface area contributed by atoms with Crippen LogP contribution in [0, 0.1) is 0 Å². The van der Waals surface area contributed by atoms with Gasteiger partial charge in [-0.1, -0.05) is 30.3 Å². The second kappa shape index (κ2) is 9.46. The molecule has 1 atom stereocenters. The van der Waals surface area contributed by atoms with Gasteiger partial charge < -0.3 is 24.1 Å². The zero-order chi connectivity index (χ0) is 26.3. The molecule has 2 aliphatic rings. The average molecular weight is 523 g/mol.